The molecule has 7 heteroatoms. The maximum atomic E-state index is 6.00. The van der Waals surface area contributed by atoms with Gasteiger partial charge in [0.15, 0.2) is 5.11 Å². The summed E-state index contributed by atoms with van der Waals surface area (Å²) in [5, 5.41) is 8.70. The minimum atomic E-state index is 0.583. The van der Waals surface area contributed by atoms with Gasteiger partial charge in [-0.3, -0.25) is 0 Å². The van der Waals surface area contributed by atoms with Crippen LogP contribution in [-0.2, 0) is 5.75 Å². The summed E-state index contributed by atoms with van der Waals surface area (Å²) in [6, 6.07) is 13.1. The van der Waals surface area contributed by atoms with Crippen LogP contribution in [0, 0.1) is 0 Å². The Morgan fingerprint density at radius 1 is 1.04 bits per heavy atom. The van der Waals surface area contributed by atoms with Gasteiger partial charge in [-0.2, -0.15) is 11.8 Å². The van der Waals surface area contributed by atoms with Crippen LogP contribution < -0.4 is 10.6 Å². The molecule has 0 unspecified atom stereocenters. The summed E-state index contributed by atoms with van der Waals surface area (Å²) in [5.74, 6) is 1.81. The van der Waals surface area contributed by atoms with E-state index < -0.39 is 0 Å². The first-order valence-electron chi connectivity index (χ1n) is 6.86. The first-order valence-corrected chi connectivity index (χ1v) is 9.56. The minimum Gasteiger partial charge on any atom is -0.362 e. The van der Waals surface area contributed by atoms with E-state index in [2.05, 4.69) is 10.6 Å². The number of benzene rings is 2. The van der Waals surface area contributed by atoms with E-state index in [1.54, 1.807) is 11.8 Å². The van der Waals surface area contributed by atoms with Crippen LogP contribution in [0.4, 0.5) is 5.69 Å². The highest BCUT2D eigenvalue weighted by Crippen LogP contribution is 2.24. The smallest absolute Gasteiger partial charge is 0.170 e. The quantitative estimate of drug-likeness (QED) is 0.464. The van der Waals surface area contributed by atoms with Crippen molar-refractivity contribution in [3.8, 4) is 0 Å². The van der Waals surface area contributed by atoms with Gasteiger partial charge in [0, 0.05) is 28.8 Å². The number of nitrogens with one attached hydrogen (secondary N) is 2. The predicted octanol–water partition coefficient (Wildman–Crippen LogP) is 5.87. The third kappa shape index (κ3) is 6.77. The molecule has 0 radical (unpaired) electrons. The van der Waals surface area contributed by atoms with Crippen molar-refractivity contribution >= 4 is 69.6 Å². The van der Waals surface area contributed by atoms with Crippen molar-refractivity contribution in [2.24, 2.45) is 0 Å². The molecule has 0 aliphatic rings. The molecule has 0 aliphatic carbocycles. The van der Waals surface area contributed by atoms with Crippen LogP contribution in [0.15, 0.2) is 42.5 Å². The van der Waals surface area contributed by atoms with Crippen LogP contribution in [0.2, 0.25) is 15.1 Å². The number of thiocarbonyl (C=S) groups is 1. The number of rotatable bonds is 6. The summed E-state index contributed by atoms with van der Waals surface area (Å²) in [4.78, 5) is 0. The molecule has 0 saturated carbocycles. The molecule has 2 aromatic carbocycles. The van der Waals surface area contributed by atoms with Crippen molar-refractivity contribution in [1.82, 2.24) is 5.32 Å². The number of halogens is 3. The largest absolute Gasteiger partial charge is 0.362 e. The van der Waals surface area contributed by atoms with Crippen molar-refractivity contribution in [3.63, 3.8) is 0 Å². The Labute approximate surface area is 160 Å². The van der Waals surface area contributed by atoms with Crippen molar-refractivity contribution in [3.05, 3.63) is 63.1 Å². The van der Waals surface area contributed by atoms with Crippen LogP contribution in [0.25, 0.3) is 0 Å². The molecule has 0 aromatic heterocycles. The van der Waals surface area contributed by atoms with Crippen molar-refractivity contribution in [2.45, 2.75) is 5.75 Å². The van der Waals surface area contributed by atoms with Crippen LogP contribution in [-0.4, -0.2) is 17.4 Å². The van der Waals surface area contributed by atoms with E-state index in [0.717, 1.165) is 29.3 Å². The first-order chi connectivity index (χ1) is 11.0. The summed E-state index contributed by atoms with van der Waals surface area (Å²) in [6.45, 7) is 0.776. The minimum absolute atomic E-state index is 0.583. The molecular weight excluding hydrogens is 391 g/mol. The molecule has 2 rings (SSSR count). The third-order valence-corrected chi connectivity index (χ3v) is 5.12. The maximum Gasteiger partial charge on any atom is 0.170 e. The lowest BCUT2D eigenvalue weighted by Gasteiger charge is -2.10. The monoisotopic (exact) mass is 404 g/mol. The third-order valence-electron chi connectivity index (χ3n) is 2.87. The van der Waals surface area contributed by atoms with Gasteiger partial charge in [0.25, 0.3) is 0 Å². The molecular formula is C16H15Cl3N2S2. The molecule has 0 fully saturated rings. The summed E-state index contributed by atoms with van der Waals surface area (Å²) in [6.07, 6.45) is 0. The van der Waals surface area contributed by atoms with E-state index in [1.807, 2.05) is 42.5 Å². The lowest BCUT2D eigenvalue weighted by molar-refractivity contribution is 0.990. The highest BCUT2D eigenvalue weighted by molar-refractivity contribution is 7.98. The summed E-state index contributed by atoms with van der Waals surface area (Å²) < 4.78 is 0. The fourth-order valence-corrected chi connectivity index (χ4v) is 3.33. The topological polar surface area (TPSA) is 24.1 Å². The molecule has 2 aromatic rings. The molecule has 122 valence electrons. The lowest BCUT2D eigenvalue weighted by Crippen LogP contribution is -2.30. The van der Waals surface area contributed by atoms with Gasteiger partial charge in [-0.05, 0) is 48.1 Å². The molecule has 0 bridgehead atoms. The highest BCUT2D eigenvalue weighted by Gasteiger charge is 2.01. The Balaban J connectivity index is 1.65. The van der Waals surface area contributed by atoms with Gasteiger partial charge in [0.2, 0.25) is 0 Å². The van der Waals surface area contributed by atoms with E-state index in [1.165, 1.54) is 0 Å². The standard InChI is InChI=1S/C16H15Cl3N2S2/c17-12-2-1-3-13(9-12)21-16(22)20-6-7-23-10-11-4-5-14(18)15(19)8-11/h1-5,8-9H,6-7,10H2,(H2,20,21,22). The number of thioether (sulfide) groups is 1. The molecule has 0 aliphatic heterocycles. The van der Waals surface area contributed by atoms with Crippen LogP contribution in [0.5, 0.6) is 0 Å². The summed E-state index contributed by atoms with van der Waals surface area (Å²) in [7, 11) is 0. The fourth-order valence-electron chi connectivity index (χ4n) is 1.80. The molecule has 2 N–H and O–H groups in total. The van der Waals surface area contributed by atoms with Gasteiger partial charge in [0.1, 0.15) is 0 Å². The molecule has 23 heavy (non-hydrogen) atoms. The Morgan fingerprint density at radius 3 is 2.61 bits per heavy atom. The average Bonchev–Trinajstić information content (AvgIpc) is 2.50. The molecule has 0 atom stereocenters. The van der Waals surface area contributed by atoms with Gasteiger partial charge < -0.3 is 10.6 Å². The number of hydrogen-bond acceptors (Lipinski definition) is 2. The van der Waals surface area contributed by atoms with Gasteiger partial charge in [0.05, 0.1) is 10.0 Å². The van der Waals surface area contributed by atoms with Crippen LogP contribution in [0.3, 0.4) is 0 Å². The van der Waals surface area contributed by atoms with Crippen molar-refractivity contribution < 1.29 is 0 Å². The Kier molecular flexibility index (Phi) is 7.80. The SMILES string of the molecule is S=C(NCCSCc1ccc(Cl)c(Cl)c1)Nc1cccc(Cl)c1. The second-order valence-electron chi connectivity index (χ2n) is 4.69. The Morgan fingerprint density at radius 2 is 1.87 bits per heavy atom. The molecule has 0 spiro atoms. The molecule has 0 saturated heterocycles. The summed E-state index contributed by atoms with van der Waals surface area (Å²) in [5.41, 5.74) is 2.03. The maximum absolute atomic E-state index is 6.00. The zero-order valence-electron chi connectivity index (χ0n) is 12.1. The van der Waals surface area contributed by atoms with Crippen LogP contribution >= 0.6 is 58.8 Å². The van der Waals surface area contributed by atoms with Crippen molar-refractivity contribution in [2.75, 3.05) is 17.6 Å². The van der Waals surface area contributed by atoms with Gasteiger partial charge in [-0.1, -0.05) is 46.9 Å². The number of anilines is 1. The normalized spacial score (nSPS) is 10.4. The summed E-state index contributed by atoms with van der Waals surface area (Å²) >= 11 is 24.9. The fraction of sp³-hybridized carbons (Fsp3) is 0.188. The molecule has 0 amide bonds. The van der Waals surface area contributed by atoms with E-state index >= 15 is 0 Å². The zero-order valence-corrected chi connectivity index (χ0v) is 16.0. The Hall–Kier alpha value is -0.650. The second kappa shape index (κ2) is 9.60. The van der Waals surface area contributed by atoms with Gasteiger partial charge in [-0.15, -0.1) is 0 Å². The van der Waals surface area contributed by atoms with Crippen molar-refractivity contribution in [1.29, 1.82) is 0 Å². The number of hydrogen-bond donors (Lipinski definition) is 2. The first kappa shape index (κ1) is 18.7. The second-order valence-corrected chi connectivity index (χ2v) is 7.46. The predicted molar refractivity (Wildman–Crippen MR) is 108 cm³/mol. The van der Waals surface area contributed by atoms with Gasteiger partial charge >= 0.3 is 0 Å². The van der Waals surface area contributed by atoms with E-state index in [9.17, 15) is 0 Å². The molecule has 0 heterocycles. The van der Waals surface area contributed by atoms with E-state index in [4.69, 9.17) is 47.0 Å². The highest BCUT2D eigenvalue weighted by atomic mass is 35.5. The average molecular weight is 406 g/mol. The Bertz CT molecular complexity index is 680. The van der Waals surface area contributed by atoms with E-state index in [-0.39, 0.29) is 0 Å². The van der Waals surface area contributed by atoms with E-state index in [0.29, 0.717) is 20.2 Å². The zero-order chi connectivity index (χ0) is 16.7. The molecule has 2 nitrogen and oxygen atoms in total. The lowest BCUT2D eigenvalue weighted by atomic mass is 10.2. The van der Waals surface area contributed by atoms with Crippen LogP contribution in [0.1, 0.15) is 5.56 Å². The van der Waals surface area contributed by atoms with Gasteiger partial charge in [-0.25, -0.2) is 0 Å².